The zero-order chi connectivity index (χ0) is 14.9. The molecule has 1 amide bonds. The number of nitrogens with zero attached hydrogens (tertiary/aromatic N) is 1. The second-order valence-corrected chi connectivity index (χ2v) is 6.37. The van der Waals surface area contributed by atoms with Gasteiger partial charge in [0.15, 0.2) is 0 Å². The monoisotopic (exact) mass is 297 g/mol. The minimum absolute atomic E-state index is 0.288. The van der Waals surface area contributed by atoms with Crippen molar-refractivity contribution in [1.29, 1.82) is 0 Å². The molecular formula is C17H31NO3. The third kappa shape index (κ3) is 5.95. The highest BCUT2D eigenvalue weighted by Crippen LogP contribution is 2.20. The van der Waals surface area contributed by atoms with Crippen LogP contribution < -0.4 is 0 Å². The van der Waals surface area contributed by atoms with Crippen molar-refractivity contribution < 1.29 is 14.3 Å². The van der Waals surface area contributed by atoms with E-state index in [4.69, 9.17) is 9.47 Å². The number of carbonyl (C=O) groups excluding carboxylic acids is 1. The maximum absolute atomic E-state index is 12.1. The highest BCUT2D eigenvalue weighted by Gasteiger charge is 2.26. The molecule has 4 nitrogen and oxygen atoms in total. The van der Waals surface area contributed by atoms with Gasteiger partial charge in [0.25, 0.3) is 0 Å². The molecule has 2 aliphatic heterocycles. The Hall–Kier alpha value is -0.610. The highest BCUT2D eigenvalue weighted by molar-refractivity contribution is 5.76. The van der Waals surface area contributed by atoms with E-state index in [1.165, 1.54) is 25.7 Å². The van der Waals surface area contributed by atoms with Crippen molar-refractivity contribution in [2.75, 3.05) is 26.3 Å². The smallest absolute Gasteiger partial charge is 0.222 e. The second kappa shape index (κ2) is 9.42. The van der Waals surface area contributed by atoms with Gasteiger partial charge in [-0.3, -0.25) is 4.79 Å². The summed E-state index contributed by atoms with van der Waals surface area (Å²) < 4.78 is 11.4. The van der Waals surface area contributed by atoms with Crippen molar-refractivity contribution in [1.82, 2.24) is 4.90 Å². The lowest BCUT2D eigenvalue weighted by Crippen LogP contribution is -2.41. The van der Waals surface area contributed by atoms with E-state index in [0.717, 1.165) is 58.4 Å². The van der Waals surface area contributed by atoms with E-state index >= 15 is 0 Å². The largest absolute Gasteiger partial charge is 0.379 e. The lowest BCUT2D eigenvalue weighted by Gasteiger charge is -2.33. The molecule has 0 aromatic rings. The van der Waals surface area contributed by atoms with Crippen LogP contribution >= 0.6 is 0 Å². The molecule has 122 valence electrons. The fourth-order valence-electron chi connectivity index (χ4n) is 3.17. The number of unbranched alkanes of at least 4 members (excludes halogenated alkanes) is 4. The summed E-state index contributed by atoms with van der Waals surface area (Å²) in [6, 6.07) is 0. The molecule has 0 N–H and O–H groups in total. The van der Waals surface area contributed by atoms with Crippen LogP contribution in [0.2, 0.25) is 0 Å². The van der Waals surface area contributed by atoms with E-state index in [2.05, 4.69) is 6.92 Å². The molecule has 0 radical (unpaired) electrons. The number of likely N-dealkylation sites (tertiary alicyclic amines) is 1. The van der Waals surface area contributed by atoms with Gasteiger partial charge in [-0.15, -0.1) is 0 Å². The molecule has 2 heterocycles. The minimum Gasteiger partial charge on any atom is -0.379 e. The molecule has 2 fully saturated rings. The summed E-state index contributed by atoms with van der Waals surface area (Å²) in [7, 11) is 0. The van der Waals surface area contributed by atoms with E-state index in [0.29, 0.717) is 12.0 Å². The molecule has 1 atom stereocenters. The second-order valence-electron chi connectivity index (χ2n) is 6.37. The first-order valence-corrected chi connectivity index (χ1v) is 8.80. The van der Waals surface area contributed by atoms with Gasteiger partial charge in [0.05, 0.1) is 18.8 Å². The fraction of sp³-hybridized carbons (Fsp3) is 0.941. The lowest BCUT2D eigenvalue weighted by molar-refractivity contribution is -0.134. The summed E-state index contributed by atoms with van der Waals surface area (Å²) in [4.78, 5) is 14.2. The summed E-state index contributed by atoms with van der Waals surface area (Å²) in [6.45, 7) is 5.53. The molecule has 0 unspecified atom stereocenters. The van der Waals surface area contributed by atoms with Crippen molar-refractivity contribution in [2.24, 2.45) is 0 Å². The Kier molecular flexibility index (Phi) is 7.51. The molecular weight excluding hydrogens is 266 g/mol. The van der Waals surface area contributed by atoms with Gasteiger partial charge in [-0.2, -0.15) is 0 Å². The number of hydrogen-bond donors (Lipinski definition) is 0. The van der Waals surface area contributed by atoms with E-state index < -0.39 is 0 Å². The van der Waals surface area contributed by atoms with Crippen molar-refractivity contribution in [3.8, 4) is 0 Å². The van der Waals surface area contributed by atoms with Gasteiger partial charge < -0.3 is 14.4 Å². The van der Waals surface area contributed by atoms with Crippen LogP contribution in [0.5, 0.6) is 0 Å². The van der Waals surface area contributed by atoms with Crippen LogP contribution in [0.3, 0.4) is 0 Å². The molecule has 4 heteroatoms. The maximum Gasteiger partial charge on any atom is 0.222 e. The van der Waals surface area contributed by atoms with Crippen molar-refractivity contribution in [3.05, 3.63) is 0 Å². The van der Waals surface area contributed by atoms with Crippen LogP contribution in [0, 0.1) is 0 Å². The Morgan fingerprint density at radius 2 is 1.86 bits per heavy atom. The van der Waals surface area contributed by atoms with Gasteiger partial charge in [0.2, 0.25) is 5.91 Å². The Labute approximate surface area is 129 Å². The first-order chi connectivity index (χ1) is 10.3. The molecule has 0 aromatic heterocycles. The average molecular weight is 297 g/mol. The standard InChI is InChI=1S/C17H31NO3/c1-2-3-4-5-6-7-17(19)18-11-8-15(9-12-18)21-16-10-13-20-14-16/h15-16H,2-14H2,1H3/t16-/m1/s1. The third-order valence-electron chi connectivity index (χ3n) is 4.56. The van der Waals surface area contributed by atoms with Crippen molar-refractivity contribution in [3.63, 3.8) is 0 Å². The maximum atomic E-state index is 12.1. The predicted octanol–water partition coefficient (Wildman–Crippen LogP) is 3.14. The number of amides is 1. The molecule has 2 saturated heterocycles. The van der Waals surface area contributed by atoms with Crippen LogP contribution in [0.1, 0.15) is 64.7 Å². The number of rotatable bonds is 8. The van der Waals surface area contributed by atoms with Gasteiger partial charge in [-0.25, -0.2) is 0 Å². The molecule has 2 rings (SSSR count). The summed E-state index contributed by atoms with van der Waals surface area (Å²) in [6.07, 6.45) is 10.4. The summed E-state index contributed by atoms with van der Waals surface area (Å²) in [5, 5.41) is 0. The normalized spacial score (nSPS) is 23.7. The van der Waals surface area contributed by atoms with Crippen LogP contribution in [0.15, 0.2) is 0 Å². The van der Waals surface area contributed by atoms with Gasteiger partial charge in [-0.05, 0) is 25.7 Å². The fourth-order valence-corrected chi connectivity index (χ4v) is 3.17. The molecule has 0 spiro atoms. The van der Waals surface area contributed by atoms with E-state index in [1.54, 1.807) is 0 Å². The van der Waals surface area contributed by atoms with Crippen molar-refractivity contribution >= 4 is 5.91 Å². The third-order valence-corrected chi connectivity index (χ3v) is 4.56. The molecule has 21 heavy (non-hydrogen) atoms. The van der Waals surface area contributed by atoms with E-state index in [9.17, 15) is 4.79 Å². The first kappa shape index (κ1) is 16.8. The van der Waals surface area contributed by atoms with Crippen LogP contribution in [-0.2, 0) is 14.3 Å². The topological polar surface area (TPSA) is 38.8 Å². The number of carbonyl (C=O) groups is 1. The Morgan fingerprint density at radius 3 is 2.52 bits per heavy atom. The summed E-state index contributed by atoms with van der Waals surface area (Å²) in [5.74, 6) is 0.342. The Morgan fingerprint density at radius 1 is 1.10 bits per heavy atom. The zero-order valence-electron chi connectivity index (χ0n) is 13.5. The number of ether oxygens (including phenoxy) is 2. The first-order valence-electron chi connectivity index (χ1n) is 8.80. The molecule has 0 aliphatic carbocycles. The van der Waals surface area contributed by atoms with E-state index in [1.807, 2.05) is 4.90 Å². The number of hydrogen-bond acceptors (Lipinski definition) is 3. The Balaban J connectivity index is 1.56. The Bertz CT molecular complexity index is 294. The van der Waals surface area contributed by atoms with Gasteiger partial charge in [-0.1, -0.05) is 32.6 Å². The molecule has 0 aromatic carbocycles. The molecule has 2 aliphatic rings. The average Bonchev–Trinajstić information content (AvgIpc) is 3.00. The van der Waals surface area contributed by atoms with Gasteiger partial charge >= 0.3 is 0 Å². The number of piperidine rings is 1. The van der Waals surface area contributed by atoms with Gasteiger partial charge in [0.1, 0.15) is 0 Å². The predicted molar refractivity (Wildman–Crippen MR) is 83.3 cm³/mol. The zero-order valence-corrected chi connectivity index (χ0v) is 13.5. The summed E-state index contributed by atoms with van der Waals surface area (Å²) in [5.41, 5.74) is 0. The molecule has 0 bridgehead atoms. The SMILES string of the molecule is CCCCCCCC(=O)N1CCC(O[C@@H]2CCOC2)CC1. The minimum atomic E-state index is 0.288. The highest BCUT2D eigenvalue weighted by atomic mass is 16.5. The van der Waals surface area contributed by atoms with Crippen LogP contribution in [0.4, 0.5) is 0 Å². The quantitative estimate of drug-likeness (QED) is 0.646. The van der Waals surface area contributed by atoms with Gasteiger partial charge in [0, 0.05) is 26.1 Å². The summed E-state index contributed by atoms with van der Waals surface area (Å²) >= 11 is 0. The van der Waals surface area contributed by atoms with E-state index in [-0.39, 0.29) is 6.10 Å². The molecule has 0 saturated carbocycles. The van der Waals surface area contributed by atoms with Crippen LogP contribution in [0.25, 0.3) is 0 Å². The van der Waals surface area contributed by atoms with Crippen molar-refractivity contribution in [2.45, 2.75) is 76.9 Å². The van der Waals surface area contributed by atoms with Crippen LogP contribution in [-0.4, -0.2) is 49.3 Å². The lowest BCUT2D eigenvalue weighted by atomic mass is 10.1.